The highest BCUT2D eigenvalue weighted by atomic mass is 19.4. The first-order valence-electron chi connectivity index (χ1n) is 8.88. The van der Waals surface area contributed by atoms with E-state index < -0.39 is 12.7 Å². The molecule has 0 radical (unpaired) electrons. The van der Waals surface area contributed by atoms with Crippen molar-refractivity contribution in [3.05, 3.63) is 0 Å². The zero-order chi connectivity index (χ0) is 17.6. The number of rotatable bonds is 4. The number of halogens is 3. The second-order valence-corrected chi connectivity index (χ2v) is 6.99. The fourth-order valence-electron chi connectivity index (χ4n) is 3.30. The van der Waals surface area contributed by atoms with Crippen molar-refractivity contribution in [1.82, 2.24) is 20.0 Å². The second kappa shape index (κ2) is 8.89. The number of nitrogens with one attached hydrogen (secondary N) is 1. The summed E-state index contributed by atoms with van der Waals surface area (Å²) in [5.74, 6) is 0.785. The molecule has 2 rings (SSSR count). The molecule has 0 unspecified atom stereocenters. The fourth-order valence-corrected chi connectivity index (χ4v) is 3.30. The SMILES string of the molecule is CC1CCN(CCNC(=O)N2CCCN(CC(F)(F)F)CC2)CC1. The summed E-state index contributed by atoms with van der Waals surface area (Å²) in [4.78, 5) is 17.6. The standard InChI is InChI=1S/C16H29F3N4O/c1-14-3-8-21(9-4-14)10-5-20-15(24)23-7-2-6-22(11-12-23)13-16(17,18)19/h14H,2-13H2,1H3,(H,20,24). The van der Waals surface area contributed by atoms with Crippen LogP contribution >= 0.6 is 0 Å². The third-order valence-corrected chi connectivity index (χ3v) is 4.86. The summed E-state index contributed by atoms with van der Waals surface area (Å²) in [6.07, 6.45) is -1.19. The van der Waals surface area contributed by atoms with Gasteiger partial charge in [-0.3, -0.25) is 4.90 Å². The van der Waals surface area contributed by atoms with Crippen LogP contribution in [0.15, 0.2) is 0 Å². The van der Waals surface area contributed by atoms with Crippen LogP contribution < -0.4 is 5.32 Å². The lowest BCUT2D eigenvalue weighted by molar-refractivity contribution is -0.145. The molecule has 0 aromatic rings. The van der Waals surface area contributed by atoms with E-state index in [4.69, 9.17) is 0 Å². The van der Waals surface area contributed by atoms with Gasteiger partial charge in [0.05, 0.1) is 6.54 Å². The lowest BCUT2D eigenvalue weighted by Crippen LogP contribution is -2.45. The Morgan fingerprint density at radius 3 is 2.42 bits per heavy atom. The van der Waals surface area contributed by atoms with Gasteiger partial charge in [0, 0.05) is 39.3 Å². The summed E-state index contributed by atoms with van der Waals surface area (Å²) in [5, 5.41) is 2.91. The first-order valence-corrected chi connectivity index (χ1v) is 8.88. The summed E-state index contributed by atoms with van der Waals surface area (Å²) < 4.78 is 37.4. The highest BCUT2D eigenvalue weighted by molar-refractivity contribution is 5.74. The molecule has 1 N–H and O–H groups in total. The number of nitrogens with zero attached hydrogens (tertiary/aromatic N) is 3. The Morgan fingerprint density at radius 2 is 1.75 bits per heavy atom. The maximum Gasteiger partial charge on any atom is 0.401 e. The molecule has 2 amide bonds. The van der Waals surface area contributed by atoms with Gasteiger partial charge >= 0.3 is 12.2 Å². The second-order valence-electron chi connectivity index (χ2n) is 6.99. The topological polar surface area (TPSA) is 38.8 Å². The van der Waals surface area contributed by atoms with Crippen molar-refractivity contribution >= 4 is 6.03 Å². The number of likely N-dealkylation sites (tertiary alicyclic amines) is 1. The monoisotopic (exact) mass is 350 g/mol. The minimum Gasteiger partial charge on any atom is -0.337 e. The number of carbonyl (C=O) groups is 1. The minimum absolute atomic E-state index is 0.158. The van der Waals surface area contributed by atoms with E-state index in [9.17, 15) is 18.0 Å². The maximum absolute atomic E-state index is 12.5. The molecule has 2 heterocycles. The highest BCUT2D eigenvalue weighted by Gasteiger charge is 2.31. The number of hydrogen-bond donors (Lipinski definition) is 1. The summed E-state index contributed by atoms with van der Waals surface area (Å²) in [6, 6.07) is -0.158. The van der Waals surface area contributed by atoms with Gasteiger partial charge in [-0.1, -0.05) is 6.92 Å². The van der Waals surface area contributed by atoms with Crippen LogP contribution in [-0.2, 0) is 0 Å². The first-order chi connectivity index (χ1) is 11.3. The Bertz CT molecular complexity index is 397. The Kier molecular flexibility index (Phi) is 7.16. The molecule has 0 aromatic heterocycles. The van der Waals surface area contributed by atoms with Gasteiger partial charge in [-0.25, -0.2) is 4.79 Å². The van der Waals surface area contributed by atoms with Gasteiger partial charge in [0.2, 0.25) is 0 Å². The van der Waals surface area contributed by atoms with Crippen LogP contribution in [-0.4, -0.2) is 85.8 Å². The van der Waals surface area contributed by atoms with Crippen LogP contribution in [0.4, 0.5) is 18.0 Å². The van der Waals surface area contributed by atoms with E-state index in [1.165, 1.54) is 17.7 Å². The molecule has 0 aliphatic carbocycles. The van der Waals surface area contributed by atoms with Crippen LogP contribution in [0.1, 0.15) is 26.2 Å². The summed E-state index contributed by atoms with van der Waals surface area (Å²) >= 11 is 0. The van der Waals surface area contributed by atoms with Crippen LogP contribution in [0.3, 0.4) is 0 Å². The zero-order valence-corrected chi connectivity index (χ0v) is 14.4. The number of carbonyl (C=O) groups excluding carboxylic acids is 1. The van der Waals surface area contributed by atoms with Crippen molar-refractivity contribution in [2.75, 3.05) is 58.9 Å². The fraction of sp³-hybridized carbons (Fsp3) is 0.938. The molecular formula is C16H29F3N4O. The number of amides is 2. The molecule has 2 aliphatic heterocycles. The maximum atomic E-state index is 12.5. The summed E-state index contributed by atoms with van der Waals surface area (Å²) in [6.45, 7) is 6.48. The molecule has 0 atom stereocenters. The van der Waals surface area contributed by atoms with E-state index in [1.54, 1.807) is 4.90 Å². The number of urea groups is 1. The van der Waals surface area contributed by atoms with Gasteiger partial charge in [-0.2, -0.15) is 13.2 Å². The van der Waals surface area contributed by atoms with Crippen molar-refractivity contribution in [3.8, 4) is 0 Å². The molecule has 0 spiro atoms. The molecule has 5 nitrogen and oxygen atoms in total. The van der Waals surface area contributed by atoms with Crippen LogP contribution in [0.2, 0.25) is 0 Å². The normalized spacial score (nSPS) is 22.4. The van der Waals surface area contributed by atoms with E-state index in [2.05, 4.69) is 17.1 Å². The van der Waals surface area contributed by atoms with E-state index in [1.807, 2.05) is 0 Å². The molecule has 0 saturated carbocycles. The molecule has 2 fully saturated rings. The van der Waals surface area contributed by atoms with Gasteiger partial charge < -0.3 is 15.1 Å². The molecule has 8 heteroatoms. The van der Waals surface area contributed by atoms with E-state index in [0.717, 1.165) is 25.6 Å². The first kappa shape index (κ1) is 19.3. The van der Waals surface area contributed by atoms with Crippen molar-refractivity contribution in [2.45, 2.75) is 32.4 Å². The Hall–Kier alpha value is -1.02. The van der Waals surface area contributed by atoms with Crippen molar-refractivity contribution < 1.29 is 18.0 Å². The summed E-state index contributed by atoms with van der Waals surface area (Å²) in [5.41, 5.74) is 0. The average molecular weight is 350 g/mol. The van der Waals surface area contributed by atoms with Crippen molar-refractivity contribution in [3.63, 3.8) is 0 Å². The Morgan fingerprint density at radius 1 is 1.04 bits per heavy atom. The molecule has 140 valence electrons. The molecular weight excluding hydrogens is 321 g/mol. The molecule has 0 aromatic carbocycles. The zero-order valence-electron chi connectivity index (χ0n) is 14.4. The smallest absolute Gasteiger partial charge is 0.337 e. The predicted molar refractivity (Wildman–Crippen MR) is 86.9 cm³/mol. The minimum atomic E-state index is -4.18. The number of alkyl halides is 3. The molecule has 24 heavy (non-hydrogen) atoms. The van der Waals surface area contributed by atoms with E-state index >= 15 is 0 Å². The quantitative estimate of drug-likeness (QED) is 0.843. The Balaban J connectivity index is 1.65. The van der Waals surface area contributed by atoms with Gasteiger partial charge in [-0.15, -0.1) is 0 Å². The third-order valence-electron chi connectivity index (χ3n) is 4.86. The molecule has 2 saturated heterocycles. The predicted octanol–water partition coefficient (Wildman–Crippen LogP) is 2.00. The highest BCUT2D eigenvalue weighted by Crippen LogP contribution is 2.18. The van der Waals surface area contributed by atoms with E-state index in [-0.39, 0.29) is 12.6 Å². The Labute approximate surface area is 142 Å². The van der Waals surface area contributed by atoms with Gasteiger partial charge in [0.15, 0.2) is 0 Å². The van der Waals surface area contributed by atoms with Crippen LogP contribution in [0.25, 0.3) is 0 Å². The lowest BCUT2D eigenvalue weighted by atomic mass is 9.99. The number of piperidine rings is 1. The number of hydrogen-bond acceptors (Lipinski definition) is 3. The average Bonchev–Trinajstić information content (AvgIpc) is 2.73. The van der Waals surface area contributed by atoms with Crippen molar-refractivity contribution in [1.29, 1.82) is 0 Å². The lowest BCUT2D eigenvalue weighted by Gasteiger charge is -2.30. The van der Waals surface area contributed by atoms with Gasteiger partial charge in [0.1, 0.15) is 0 Å². The third kappa shape index (κ3) is 6.84. The molecule has 0 bridgehead atoms. The largest absolute Gasteiger partial charge is 0.401 e. The van der Waals surface area contributed by atoms with Crippen LogP contribution in [0.5, 0.6) is 0 Å². The van der Waals surface area contributed by atoms with E-state index in [0.29, 0.717) is 32.6 Å². The van der Waals surface area contributed by atoms with Gasteiger partial charge in [0.25, 0.3) is 0 Å². The van der Waals surface area contributed by atoms with Crippen molar-refractivity contribution in [2.24, 2.45) is 5.92 Å². The van der Waals surface area contributed by atoms with Gasteiger partial charge in [-0.05, 0) is 38.3 Å². The van der Waals surface area contributed by atoms with Crippen LogP contribution in [0, 0.1) is 5.92 Å². The molecule has 2 aliphatic rings. The summed E-state index contributed by atoms with van der Waals surface area (Å²) in [7, 11) is 0.